The van der Waals surface area contributed by atoms with Crippen molar-refractivity contribution in [2.24, 2.45) is 0 Å². The molecule has 0 saturated carbocycles. The van der Waals surface area contributed by atoms with Gasteiger partial charge in [0.25, 0.3) is 0 Å². The van der Waals surface area contributed by atoms with Gasteiger partial charge in [0.2, 0.25) is 0 Å². The Bertz CT molecular complexity index is 1550. The van der Waals surface area contributed by atoms with Crippen LogP contribution in [0.1, 0.15) is 32.0 Å². The molecule has 6 aromatic rings. The van der Waals surface area contributed by atoms with Crippen molar-refractivity contribution < 1.29 is 18.9 Å². The second kappa shape index (κ2) is 13.2. The zero-order chi connectivity index (χ0) is 30.5. The van der Waals surface area contributed by atoms with Crippen LogP contribution in [0.5, 0.6) is 23.0 Å². The van der Waals surface area contributed by atoms with Gasteiger partial charge in [-0.2, -0.15) is 0 Å². The number of hydrogen-bond acceptors (Lipinski definition) is 6. The smallest absolute Gasteiger partial charge is 0.131 e. The molecule has 218 valence electrons. The second-order valence-electron chi connectivity index (χ2n) is 9.99. The van der Waals surface area contributed by atoms with Crippen LogP contribution in [0, 0.1) is 11.8 Å². The molecule has 6 rings (SSSR count). The van der Waals surface area contributed by atoms with Crippen molar-refractivity contribution in [3.8, 4) is 34.1 Å². The highest BCUT2D eigenvalue weighted by atomic mass is 32.1. The van der Waals surface area contributed by atoms with Crippen molar-refractivity contribution in [3.05, 3.63) is 164 Å². The van der Waals surface area contributed by atoms with Gasteiger partial charge in [0.05, 0.1) is 73.7 Å². The maximum Gasteiger partial charge on any atom is 0.131 e. The summed E-state index contributed by atoms with van der Waals surface area (Å²) in [6.45, 7) is 0. The first-order valence-electron chi connectivity index (χ1n) is 14.1. The Morgan fingerprint density at radius 3 is 0.841 bits per heavy atom. The minimum Gasteiger partial charge on any atom is -0.496 e. The summed E-state index contributed by atoms with van der Waals surface area (Å²) in [4.78, 5) is 2.40. The number of thiophene rings is 2. The van der Waals surface area contributed by atoms with Gasteiger partial charge in [-0.05, 0) is 12.1 Å². The molecular weight excluding hydrogens is 585 g/mol. The van der Waals surface area contributed by atoms with Gasteiger partial charge < -0.3 is 18.9 Å². The average Bonchev–Trinajstić information content (AvgIpc) is 3.76. The molecule has 6 heteroatoms. The molecule has 0 atom stereocenters. The van der Waals surface area contributed by atoms with Gasteiger partial charge in [-0.1, -0.05) is 0 Å². The lowest BCUT2D eigenvalue weighted by Crippen LogP contribution is -2.06. The van der Waals surface area contributed by atoms with Crippen LogP contribution in [0.25, 0.3) is 11.1 Å². The molecule has 0 fully saturated rings. The molecule has 0 N–H and O–H groups in total. The van der Waals surface area contributed by atoms with Crippen LogP contribution in [-0.2, 0) is 0 Å². The number of methoxy groups -OCH3 is 4. The first kappa shape index (κ1) is 29.3. The summed E-state index contributed by atoms with van der Waals surface area (Å²) in [5.41, 5.74) is 6.84. The van der Waals surface area contributed by atoms with E-state index in [4.69, 9.17) is 18.9 Å². The summed E-state index contributed by atoms with van der Waals surface area (Å²) >= 11 is 3.50. The molecule has 4 aromatic carbocycles. The van der Waals surface area contributed by atoms with Crippen LogP contribution < -0.4 is 18.9 Å². The minimum absolute atomic E-state index is 0.826. The topological polar surface area (TPSA) is 36.9 Å². The van der Waals surface area contributed by atoms with Crippen LogP contribution in [0.2, 0.25) is 0 Å². The van der Waals surface area contributed by atoms with Crippen LogP contribution in [0.3, 0.4) is 0 Å². The second-order valence-corrected chi connectivity index (χ2v) is 11.8. The summed E-state index contributed by atoms with van der Waals surface area (Å²) in [5, 5.41) is 4.36. The van der Waals surface area contributed by atoms with E-state index in [2.05, 4.69) is 71.4 Å². The fourth-order valence-corrected chi connectivity index (χ4v) is 7.32. The van der Waals surface area contributed by atoms with E-state index in [1.807, 2.05) is 48.5 Å². The normalized spacial score (nSPS) is 10.7. The molecule has 0 bridgehead atoms. The van der Waals surface area contributed by atoms with E-state index in [0.717, 1.165) is 57.1 Å². The third-order valence-corrected chi connectivity index (χ3v) is 9.45. The van der Waals surface area contributed by atoms with Crippen LogP contribution in [0.15, 0.2) is 120 Å². The van der Waals surface area contributed by atoms with Gasteiger partial charge in [0.1, 0.15) is 32.8 Å². The van der Waals surface area contributed by atoms with E-state index in [1.54, 1.807) is 51.1 Å². The predicted octanol–water partition coefficient (Wildman–Crippen LogP) is 9.55. The lowest BCUT2D eigenvalue weighted by atomic mass is 9.84. The summed E-state index contributed by atoms with van der Waals surface area (Å²) in [7, 11) is 6.77. The first-order chi connectivity index (χ1) is 21.6. The van der Waals surface area contributed by atoms with Crippen molar-refractivity contribution in [1.29, 1.82) is 0 Å². The van der Waals surface area contributed by atoms with Crippen molar-refractivity contribution in [2.75, 3.05) is 28.4 Å². The Hall–Kier alpha value is -4.78. The first-order valence-corrected chi connectivity index (χ1v) is 15.9. The largest absolute Gasteiger partial charge is 0.496 e. The lowest BCUT2D eigenvalue weighted by molar-refractivity contribution is 0.414. The molecule has 0 unspecified atom stereocenters. The van der Waals surface area contributed by atoms with Crippen molar-refractivity contribution >= 4 is 22.7 Å². The van der Waals surface area contributed by atoms with E-state index in [0.29, 0.717) is 0 Å². The fourth-order valence-electron chi connectivity index (χ4n) is 5.32. The van der Waals surface area contributed by atoms with Crippen LogP contribution >= 0.6 is 22.7 Å². The van der Waals surface area contributed by atoms with E-state index < -0.39 is 0 Å². The maximum absolute atomic E-state index is 5.47. The van der Waals surface area contributed by atoms with Gasteiger partial charge in [-0.25, -0.2) is 0 Å². The van der Waals surface area contributed by atoms with Crippen molar-refractivity contribution in [3.63, 3.8) is 0 Å². The maximum atomic E-state index is 5.47. The van der Waals surface area contributed by atoms with E-state index in [-0.39, 0.29) is 0 Å². The Balaban J connectivity index is 1.49. The number of benzene rings is 4. The van der Waals surface area contributed by atoms with E-state index >= 15 is 0 Å². The SMILES string of the molecule is COc1ccc([C+](c2ccc(OC)cc2)c2sccc2-c2ccsc2[C+](c2ccc(OC)cc2)c2ccc(OC)cc2)cc1. The number of hydrogen-bond donors (Lipinski definition) is 0. The zero-order valence-electron chi connectivity index (χ0n) is 25.0. The molecule has 44 heavy (non-hydrogen) atoms. The molecule has 0 aliphatic carbocycles. The Morgan fingerprint density at radius 1 is 0.364 bits per heavy atom. The quantitative estimate of drug-likeness (QED) is 0.136. The van der Waals surface area contributed by atoms with Gasteiger partial charge in [0.15, 0.2) is 0 Å². The molecule has 2 aromatic heterocycles. The molecule has 0 radical (unpaired) electrons. The number of ether oxygens (including phenoxy) is 4. The van der Waals surface area contributed by atoms with Gasteiger partial charge in [-0.15, -0.1) is 22.7 Å². The van der Waals surface area contributed by atoms with E-state index in [1.165, 1.54) is 20.9 Å². The number of rotatable bonds is 11. The summed E-state index contributed by atoms with van der Waals surface area (Å²) in [6, 6.07) is 37.6. The summed E-state index contributed by atoms with van der Waals surface area (Å²) in [6.07, 6.45) is 0. The van der Waals surface area contributed by atoms with Crippen LogP contribution in [-0.4, -0.2) is 28.4 Å². The lowest BCUT2D eigenvalue weighted by Gasteiger charge is -2.16. The predicted molar refractivity (Wildman–Crippen MR) is 181 cm³/mol. The van der Waals surface area contributed by atoms with Gasteiger partial charge in [-0.3, -0.25) is 0 Å². The highest BCUT2D eigenvalue weighted by Crippen LogP contribution is 2.47. The van der Waals surface area contributed by atoms with Crippen LogP contribution in [0.4, 0.5) is 0 Å². The molecule has 4 nitrogen and oxygen atoms in total. The molecule has 0 aliphatic rings. The monoisotopic (exact) mass is 616 g/mol. The van der Waals surface area contributed by atoms with E-state index in [9.17, 15) is 0 Å². The highest BCUT2D eigenvalue weighted by Gasteiger charge is 2.34. The summed E-state index contributed by atoms with van der Waals surface area (Å²) in [5.74, 6) is 5.63. The third kappa shape index (κ3) is 5.87. The molecule has 0 saturated heterocycles. The van der Waals surface area contributed by atoms with Crippen molar-refractivity contribution in [2.45, 2.75) is 0 Å². The standard InChI is InChI=1S/C38H32O4S2/c1-39-29-13-5-25(6-14-29)35(26-7-15-30(40-2)16-8-26)37-33(21-23-43-37)34-22-24-44-38(34)36(27-9-17-31(41-3)18-10-27)28-11-19-32(42-4)20-12-28/h5-24H,1-4H3/q+2. The molecule has 2 heterocycles. The van der Waals surface area contributed by atoms with Crippen molar-refractivity contribution in [1.82, 2.24) is 0 Å². The fraction of sp³-hybridized carbons (Fsp3) is 0.105. The highest BCUT2D eigenvalue weighted by molar-refractivity contribution is 7.12. The van der Waals surface area contributed by atoms with Gasteiger partial charge in [0, 0.05) is 108 Å². The minimum atomic E-state index is 0.826. The molecule has 0 amide bonds. The summed E-state index contributed by atoms with van der Waals surface area (Å²) < 4.78 is 21.9. The third-order valence-electron chi connectivity index (χ3n) is 7.59. The average molecular weight is 617 g/mol. The Labute approximate surface area is 267 Å². The Morgan fingerprint density at radius 2 is 0.614 bits per heavy atom. The molecule has 0 spiro atoms. The molecular formula is C38H32O4S2+2. The van der Waals surface area contributed by atoms with Gasteiger partial charge >= 0.3 is 0 Å². The Kier molecular flexibility index (Phi) is 8.82. The molecule has 0 aliphatic heterocycles. The zero-order valence-corrected chi connectivity index (χ0v) is 26.6.